The van der Waals surface area contributed by atoms with Gasteiger partial charge in [-0.2, -0.15) is 0 Å². The van der Waals surface area contributed by atoms with E-state index in [-0.39, 0.29) is 6.03 Å². The third-order valence-corrected chi connectivity index (χ3v) is 4.27. The summed E-state index contributed by atoms with van der Waals surface area (Å²) in [6, 6.07) is 0.102. The summed E-state index contributed by atoms with van der Waals surface area (Å²) in [5, 5.41) is 2.94. The molecule has 0 spiro atoms. The molecule has 2 rings (SSSR count). The standard InChI is InChI=1S/C13H24N2O/c1-3-6-14-13(16)15(2)9-12-8-10-4-5-11(12)7-10/h10-12H,3-9H2,1-2H3,(H,14,16). The van der Waals surface area contributed by atoms with Crippen molar-refractivity contribution >= 4 is 6.03 Å². The summed E-state index contributed by atoms with van der Waals surface area (Å²) in [5.41, 5.74) is 0. The van der Waals surface area contributed by atoms with Crippen LogP contribution in [0.2, 0.25) is 0 Å². The van der Waals surface area contributed by atoms with Crippen molar-refractivity contribution in [1.82, 2.24) is 10.2 Å². The lowest BCUT2D eigenvalue weighted by Gasteiger charge is -2.27. The molecule has 0 heterocycles. The van der Waals surface area contributed by atoms with Crippen molar-refractivity contribution in [3.8, 4) is 0 Å². The highest BCUT2D eigenvalue weighted by atomic mass is 16.2. The largest absolute Gasteiger partial charge is 0.338 e. The minimum atomic E-state index is 0.102. The molecule has 16 heavy (non-hydrogen) atoms. The van der Waals surface area contributed by atoms with E-state index in [0.717, 1.165) is 37.3 Å². The predicted octanol–water partition coefficient (Wildman–Crippen LogP) is 2.47. The number of hydrogen-bond acceptors (Lipinski definition) is 1. The van der Waals surface area contributed by atoms with Gasteiger partial charge < -0.3 is 10.2 Å². The van der Waals surface area contributed by atoms with E-state index in [1.165, 1.54) is 25.7 Å². The van der Waals surface area contributed by atoms with E-state index in [4.69, 9.17) is 0 Å². The third kappa shape index (κ3) is 2.50. The van der Waals surface area contributed by atoms with Gasteiger partial charge in [0.1, 0.15) is 0 Å². The molecule has 2 fully saturated rings. The maximum absolute atomic E-state index is 11.7. The van der Waals surface area contributed by atoms with E-state index in [9.17, 15) is 4.79 Å². The molecule has 2 amide bonds. The first-order chi connectivity index (χ1) is 7.70. The van der Waals surface area contributed by atoms with Gasteiger partial charge in [0.05, 0.1) is 0 Å². The van der Waals surface area contributed by atoms with Crippen molar-refractivity contribution in [2.45, 2.75) is 39.0 Å². The number of carbonyl (C=O) groups excluding carboxylic acids is 1. The number of hydrogen-bond donors (Lipinski definition) is 1. The Morgan fingerprint density at radius 2 is 2.19 bits per heavy atom. The summed E-state index contributed by atoms with van der Waals surface area (Å²) < 4.78 is 0. The fourth-order valence-corrected chi connectivity index (χ4v) is 3.40. The van der Waals surface area contributed by atoms with Crippen LogP contribution in [0.4, 0.5) is 4.79 Å². The SMILES string of the molecule is CCCNC(=O)N(C)CC1CC2CCC1C2. The topological polar surface area (TPSA) is 32.3 Å². The summed E-state index contributed by atoms with van der Waals surface area (Å²) in [7, 11) is 1.93. The van der Waals surface area contributed by atoms with E-state index in [0.29, 0.717) is 0 Å². The number of urea groups is 1. The summed E-state index contributed by atoms with van der Waals surface area (Å²) >= 11 is 0. The van der Waals surface area contributed by atoms with Crippen LogP contribution in [0.5, 0.6) is 0 Å². The van der Waals surface area contributed by atoms with Crippen LogP contribution in [0, 0.1) is 17.8 Å². The van der Waals surface area contributed by atoms with Gasteiger partial charge in [-0.3, -0.25) is 0 Å². The van der Waals surface area contributed by atoms with Crippen molar-refractivity contribution in [2.75, 3.05) is 20.1 Å². The molecule has 92 valence electrons. The Kier molecular flexibility index (Phi) is 3.72. The van der Waals surface area contributed by atoms with Crippen LogP contribution in [0.3, 0.4) is 0 Å². The Morgan fingerprint density at radius 3 is 2.75 bits per heavy atom. The Hall–Kier alpha value is -0.730. The lowest BCUT2D eigenvalue weighted by atomic mass is 9.88. The van der Waals surface area contributed by atoms with Gasteiger partial charge in [-0.1, -0.05) is 13.3 Å². The second kappa shape index (κ2) is 5.07. The maximum atomic E-state index is 11.7. The molecule has 0 aromatic carbocycles. The Labute approximate surface area is 98.6 Å². The first-order valence-corrected chi connectivity index (χ1v) is 6.69. The minimum Gasteiger partial charge on any atom is -0.338 e. The molecule has 0 radical (unpaired) electrons. The zero-order chi connectivity index (χ0) is 11.5. The summed E-state index contributed by atoms with van der Waals surface area (Å²) in [6.45, 7) is 3.83. The monoisotopic (exact) mass is 224 g/mol. The van der Waals surface area contributed by atoms with Crippen LogP contribution in [0.15, 0.2) is 0 Å². The summed E-state index contributed by atoms with van der Waals surface area (Å²) in [4.78, 5) is 13.6. The fourth-order valence-electron chi connectivity index (χ4n) is 3.40. The molecule has 1 N–H and O–H groups in total. The van der Waals surface area contributed by atoms with Crippen LogP contribution < -0.4 is 5.32 Å². The van der Waals surface area contributed by atoms with Crippen molar-refractivity contribution in [1.29, 1.82) is 0 Å². The van der Waals surface area contributed by atoms with E-state index >= 15 is 0 Å². The molecule has 3 unspecified atom stereocenters. The first kappa shape index (κ1) is 11.7. The number of rotatable bonds is 4. The zero-order valence-electron chi connectivity index (χ0n) is 10.5. The molecule has 0 saturated heterocycles. The molecule has 0 aromatic heterocycles. The van der Waals surface area contributed by atoms with Gasteiger partial charge in [0.25, 0.3) is 0 Å². The van der Waals surface area contributed by atoms with Crippen LogP contribution in [-0.4, -0.2) is 31.1 Å². The van der Waals surface area contributed by atoms with Crippen LogP contribution in [0.1, 0.15) is 39.0 Å². The zero-order valence-corrected chi connectivity index (χ0v) is 10.5. The number of nitrogens with zero attached hydrogens (tertiary/aromatic N) is 1. The highest BCUT2D eigenvalue weighted by molar-refractivity contribution is 5.73. The van der Waals surface area contributed by atoms with Gasteiger partial charge in [-0.05, 0) is 43.4 Å². The summed E-state index contributed by atoms with van der Waals surface area (Å²) in [5.74, 6) is 2.66. The molecular formula is C13H24N2O. The van der Waals surface area contributed by atoms with E-state index in [1.807, 2.05) is 11.9 Å². The summed E-state index contributed by atoms with van der Waals surface area (Å²) in [6.07, 6.45) is 6.63. The molecule has 3 nitrogen and oxygen atoms in total. The smallest absolute Gasteiger partial charge is 0.317 e. The third-order valence-electron chi connectivity index (χ3n) is 4.27. The molecule has 2 saturated carbocycles. The van der Waals surface area contributed by atoms with Crippen LogP contribution >= 0.6 is 0 Å². The van der Waals surface area contributed by atoms with Crippen molar-refractivity contribution in [3.63, 3.8) is 0 Å². The Bertz CT molecular complexity index is 254. The molecule has 3 atom stereocenters. The second-order valence-electron chi connectivity index (χ2n) is 5.55. The molecule has 0 aromatic rings. The van der Waals surface area contributed by atoms with E-state index in [2.05, 4.69) is 12.2 Å². The number of fused-ring (bicyclic) bond motifs is 2. The lowest BCUT2D eigenvalue weighted by Crippen LogP contribution is -2.41. The molecule has 0 aliphatic heterocycles. The minimum absolute atomic E-state index is 0.102. The Morgan fingerprint density at radius 1 is 1.38 bits per heavy atom. The fraction of sp³-hybridized carbons (Fsp3) is 0.923. The number of nitrogens with one attached hydrogen (secondary N) is 1. The van der Waals surface area contributed by atoms with Crippen molar-refractivity contribution in [2.24, 2.45) is 17.8 Å². The van der Waals surface area contributed by atoms with E-state index < -0.39 is 0 Å². The quantitative estimate of drug-likeness (QED) is 0.781. The van der Waals surface area contributed by atoms with Crippen molar-refractivity contribution < 1.29 is 4.79 Å². The average Bonchev–Trinajstić information content (AvgIpc) is 2.87. The second-order valence-corrected chi connectivity index (χ2v) is 5.55. The highest BCUT2D eigenvalue weighted by Gasteiger charge is 2.39. The van der Waals surface area contributed by atoms with Gasteiger partial charge in [-0.25, -0.2) is 4.79 Å². The molecule has 2 bridgehead atoms. The Balaban J connectivity index is 1.74. The molecular weight excluding hydrogens is 200 g/mol. The molecule has 3 heteroatoms. The highest BCUT2D eigenvalue weighted by Crippen LogP contribution is 2.48. The number of carbonyl (C=O) groups is 1. The maximum Gasteiger partial charge on any atom is 0.317 e. The first-order valence-electron chi connectivity index (χ1n) is 6.69. The van der Waals surface area contributed by atoms with Gasteiger partial charge >= 0.3 is 6.03 Å². The normalized spacial score (nSPS) is 31.8. The average molecular weight is 224 g/mol. The predicted molar refractivity (Wildman–Crippen MR) is 65.3 cm³/mol. The van der Waals surface area contributed by atoms with Gasteiger partial charge in [0, 0.05) is 20.1 Å². The van der Waals surface area contributed by atoms with Gasteiger partial charge in [0.2, 0.25) is 0 Å². The lowest BCUT2D eigenvalue weighted by molar-refractivity contribution is 0.188. The van der Waals surface area contributed by atoms with Crippen molar-refractivity contribution in [3.05, 3.63) is 0 Å². The number of amides is 2. The molecule has 2 aliphatic carbocycles. The van der Waals surface area contributed by atoms with Gasteiger partial charge in [-0.15, -0.1) is 0 Å². The van der Waals surface area contributed by atoms with Gasteiger partial charge in [0.15, 0.2) is 0 Å². The van der Waals surface area contributed by atoms with Crippen LogP contribution in [-0.2, 0) is 0 Å². The molecule has 2 aliphatic rings. The van der Waals surface area contributed by atoms with Crippen LogP contribution in [0.25, 0.3) is 0 Å². The van der Waals surface area contributed by atoms with E-state index in [1.54, 1.807) is 0 Å².